The van der Waals surface area contributed by atoms with E-state index in [0.717, 1.165) is 24.3 Å². The summed E-state index contributed by atoms with van der Waals surface area (Å²) in [6.45, 7) is 2.10. The largest absolute Gasteiger partial charge is 0.508 e. The minimum Gasteiger partial charge on any atom is -0.508 e. The van der Waals surface area contributed by atoms with E-state index in [0.29, 0.717) is 6.42 Å². The number of nitrogens with one attached hydrogen (secondary N) is 1. The van der Waals surface area contributed by atoms with E-state index in [2.05, 4.69) is 12.2 Å². The Kier molecular flexibility index (Phi) is 5.01. The number of aromatic hydroxyl groups is 1. The van der Waals surface area contributed by atoms with Crippen molar-refractivity contribution >= 4 is 5.91 Å². The van der Waals surface area contributed by atoms with Crippen LogP contribution in [-0.2, 0) is 11.2 Å². The Hall–Kier alpha value is -1.55. The van der Waals surface area contributed by atoms with Gasteiger partial charge in [-0.3, -0.25) is 4.79 Å². The molecule has 0 aliphatic heterocycles. The van der Waals surface area contributed by atoms with E-state index in [-0.39, 0.29) is 17.7 Å². The lowest BCUT2D eigenvalue weighted by Gasteiger charge is -2.19. The summed E-state index contributed by atoms with van der Waals surface area (Å²) in [6.07, 6.45) is 5.12. The molecule has 4 heteroatoms. The summed E-state index contributed by atoms with van der Waals surface area (Å²) in [5.41, 5.74) is 6.92. The molecule has 0 aromatic heterocycles. The zero-order chi connectivity index (χ0) is 14.5. The third-order valence-corrected chi connectivity index (χ3v) is 3.88. The number of hydrogen-bond donors (Lipinski definition) is 3. The van der Waals surface area contributed by atoms with E-state index >= 15 is 0 Å². The van der Waals surface area contributed by atoms with Crippen molar-refractivity contribution in [3.8, 4) is 5.75 Å². The van der Waals surface area contributed by atoms with Crippen LogP contribution in [0, 0.1) is 5.92 Å². The van der Waals surface area contributed by atoms with Crippen LogP contribution in [0.3, 0.4) is 0 Å². The van der Waals surface area contributed by atoms with E-state index in [1.54, 1.807) is 24.3 Å². The Balaban J connectivity index is 1.82. The third-order valence-electron chi connectivity index (χ3n) is 3.88. The van der Waals surface area contributed by atoms with Crippen molar-refractivity contribution in [3.05, 3.63) is 29.8 Å². The van der Waals surface area contributed by atoms with Crippen LogP contribution >= 0.6 is 0 Å². The van der Waals surface area contributed by atoms with Crippen molar-refractivity contribution in [2.75, 3.05) is 0 Å². The maximum Gasteiger partial charge on any atom is 0.237 e. The number of carbonyl (C=O) groups excluding carboxylic acids is 1. The van der Waals surface area contributed by atoms with E-state index in [9.17, 15) is 9.90 Å². The van der Waals surface area contributed by atoms with E-state index in [4.69, 9.17) is 5.73 Å². The molecule has 4 N–H and O–H groups in total. The SMILES string of the molecule is CCC(CC1CC1)NC(=O)[C@@H](N)Cc1ccc(O)cc1. The molecule has 1 aromatic rings. The first-order chi connectivity index (χ1) is 9.58. The lowest BCUT2D eigenvalue weighted by molar-refractivity contribution is -0.123. The number of carbonyl (C=O) groups is 1. The molecule has 2 rings (SSSR count). The summed E-state index contributed by atoms with van der Waals surface area (Å²) < 4.78 is 0. The number of rotatable bonds is 7. The minimum atomic E-state index is -0.534. The molecule has 4 nitrogen and oxygen atoms in total. The van der Waals surface area contributed by atoms with Crippen molar-refractivity contribution in [2.24, 2.45) is 11.7 Å². The summed E-state index contributed by atoms with van der Waals surface area (Å²) in [5, 5.41) is 12.3. The van der Waals surface area contributed by atoms with Crippen LogP contribution in [0.15, 0.2) is 24.3 Å². The molecule has 1 amide bonds. The number of nitrogens with two attached hydrogens (primary N) is 1. The number of phenols is 1. The monoisotopic (exact) mass is 276 g/mol. The molecule has 1 saturated carbocycles. The average Bonchev–Trinajstić information content (AvgIpc) is 3.24. The molecule has 2 atom stereocenters. The molecule has 0 radical (unpaired) electrons. The van der Waals surface area contributed by atoms with Gasteiger partial charge in [-0.15, -0.1) is 0 Å². The summed E-state index contributed by atoms with van der Waals surface area (Å²) in [5.74, 6) is 0.946. The molecule has 110 valence electrons. The van der Waals surface area contributed by atoms with E-state index < -0.39 is 6.04 Å². The third kappa shape index (κ3) is 4.53. The van der Waals surface area contributed by atoms with Gasteiger partial charge in [-0.05, 0) is 42.9 Å². The second kappa shape index (κ2) is 6.75. The number of hydrogen-bond acceptors (Lipinski definition) is 3. The van der Waals surface area contributed by atoms with Gasteiger partial charge in [-0.2, -0.15) is 0 Å². The van der Waals surface area contributed by atoms with Crippen molar-refractivity contribution in [1.29, 1.82) is 0 Å². The van der Waals surface area contributed by atoms with Gasteiger partial charge >= 0.3 is 0 Å². The van der Waals surface area contributed by atoms with Gasteiger partial charge in [0.15, 0.2) is 0 Å². The smallest absolute Gasteiger partial charge is 0.237 e. The quantitative estimate of drug-likeness (QED) is 0.712. The molecular weight excluding hydrogens is 252 g/mol. The van der Waals surface area contributed by atoms with Gasteiger partial charge in [0.1, 0.15) is 5.75 Å². The first-order valence-electron chi connectivity index (χ1n) is 7.42. The van der Waals surface area contributed by atoms with Gasteiger partial charge in [0.05, 0.1) is 6.04 Å². The number of benzene rings is 1. The van der Waals surface area contributed by atoms with Crippen LogP contribution in [0.1, 0.15) is 38.2 Å². The molecule has 0 heterocycles. The van der Waals surface area contributed by atoms with Crippen LogP contribution in [0.2, 0.25) is 0 Å². The first-order valence-corrected chi connectivity index (χ1v) is 7.42. The summed E-state index contributed by atoms with van der Waals surface area (Å²) in [6, 6.07) is 6.53. The van der Waals surface area contributed by atoms with Crippen LogP contribution in [-0.4, -0.2) is 23.1 Å². The predicted molar refractivity (Wildman–Crippen MR) is 79.3 cm³/mol. The molecular formula is C16H24N2O2. The Bertz CT molecular complexity index is 440. The fourth-order valence-electron chi connectivity index (χ4n) is 2.37. The number of phenolic OH excluding ortho intramolecular Hbond substituents is 1. The zero-order valence-electron chi connectivity index (χ0n) is 12.0. The lowest BCUT2D eigenvalue weighted by Crippen LogP contribution is -2.46. The average molecular weight is 276 g/mol. The van der Waals surface area contributed by atoms with Crippen molar-refractivity contribution in [2.45, 2.75) is 51.1 Å². The van der Waals surface area contributed by atoms with Gasteiger partial charge in [0, 0.05) is 6.04 Å². The summed E-state index contributed by atoms with van der Waals surface area (Å²) in [7, 11) is 0. The highest BCUT2D eigenvalue weighted by Crippen LogP contribution is 2.34. The van der Waals surface area contributed by atoms with E-state index in [1.165, 1.54) is 12.8 Å². The Morgan fingerprint density at radius 2 is 2.05 bits per heavy atom. The molecule has 20 heavy (non-hydrogen) atoms. The molecule has 0 bridgehead atoms. The van der Waals surface area contributed by atoms with Gasteiger partial charge in [0.25, 0.3) is 0 Å². The molecule has 1 aliphatic rings. The molecule has 0 saturated heterocycles. The van der Waals surface area contributed by atoms with Crippen molar-refractivity contribution in [3.63, 3.8) is 0 Å². The molecule has 1 aromatic carbocycles. The molecule has 1 aliphatic carbocycles. The fraction of sp³-hybridized carbons (Fsp3) is 0.562. The highest BCUT2D eigenvalue weighted by molar-refractivity contribution is 5.82. The Morgan fingerprint density at radius 1 is 1.40 bits per heavy atom. The van der Waals surface area contributed by atoms with Gasteiger partial charge in [0.2, 0.25) is 5.91 Å². The van der Waals surface area contributed by atoms with E-state index in [1.807, 2.05) is 0 Å². The maximum atomic E-state index is 12.1. The van der Waals surface area contributed by atoms with Gasteiger partial charge < -0.3 is 16.2 Å². The highest BCUT2D eigenvalue weighted by atomic mass is 16.3. The maximum absolute atomic E-state index is 12.1. The van der Waals surface area contributed by atoms with Crippen molar-refractivity contribution in [1.82, 2.24) is 5.32 Å². The fourth-order valence-corrected chi connectivity index (χ4v) is 2.37. The lowest BCUT2D eigenvalue weighted by atomic mass is 10.0. The van der Waals surface area contributed by atoms with Crippen molar-refractivity contribution < 1.29 is 9.90 Å². The van der Waals surface area contributed by atoms with Crippen LogP contribution < -0.4 is 11.1 Å². The second-order valence-corrected chi connectivity index (χ2v) is 5.77. The minimum absolute atomic E-state index is 0.0782. The zero-order valence-corrected chi connectivity index (χ0v) is 12.0. The van der Waals surface area contributed by atoms with Crippen LogP contribution in [0.5, 0.6) is 5.75 Å². The first kappa shape index (κ1) is 14.9. The Labute approximate surface area is 120 Å². The summed E-state index contributed by atoms with van der Waals surface area (Å²) in [4.78, 5) is 12.1. The van der Waals surface area contributed by atoms with Gasteiger partial charge in [-0.1, -0.05) is 31.9 Å². The van der Waals surface area contributed by atoms with Crippen LogP contribution in [0.25, 0.3) is 0 Å². The molecule has 0 spiro atoms. The topological polar surface area (TPSA) is 75.4 Å². The highest BCUT2D eigenvalue weighted by Gasteiger charge is 2.26. The molecule has 1 unspecified atom stereocenters. The normalized spacial score (nSPS) is 17.5. The number of amides is 1. The summed E-state index contributed by atoms with van der Waals surface area (Å²) >= 11 is 0. The molecule has 1 fully saturated rings. The second-order valence-electron chi connectivity index (χ2n) is 5.77. The standard InChI is InChI=1S/C16H24N2O2/c1-2-13(9-11-3-4-11)18-16(20)15(17)10-12-5-7-14(19)8-6-12/h5-8,11,13,15,19H,2-4,9-10,17H2,1H3,(H,18,20)/t13?,15-/m0/s1. The van der Waals surface area contributed by atoms with Crippen LogP contribution in [0.4, 0.5) is 0 Å². The Morgan fingerprint density at radius 3 is 2.60 bits per heavy atom. The van der Waals surface area contributed by atoms with Gasteiger partial charge in [-0.25, -0.2) is 0 Å². The predicted octanol–water partition coefficient (Wildman–Crippen LogP) is 1.96.